The molecule has 166 valence electrons. The van der Waals surface area contributed by atoms with Gasteiger partial charge in [0.1, 0.15) is 16.9 Å². The summed E-state index contributed by atoms with van der Waals surface area (Å²) in [4.78, 5) is 29.6. The van der Waals surface area contributed by atoms with Crippen LogP contribution in [0.1, 0.15) is 40.4 Å². The van der Waals surface area contributed by atoms with Gasteiger partial charge in [-0.1, -0.05) is 0 Å². The molecule has 0 aliphatic carbocycles. The molecule has 0 spiro atoms. The van der Waals surface area contributed by atoms with Crippen LogP contribution in [-0.2, 0) is 11.3 Å². The molecule has 0 saturated heterocycles. The van der Waals surface area contributed by atoms with Crippen molar-refractivity contribution >= 4 is 22.8 Å². The first-order chi connectivity index (χ1) is 14.4. The molecule has 2 heterocycles. The van der Waals surface area contributed by atoms with E-state index >= 15 is 0 Å². The van der Waals surface area contributed by atoms with E-state index < -0.39 is 40.7 Å². The highest BCUT2D eigenvalue weighted by molar-refractivity contribution is 5.91. The van der Waals surface area contributed by atoms with Gasteiger partial charge in [0.05, 0.1) is 23.9 Å². The van der Waals surface area contributed by atoms with Crippen molar-refractivity contribution in [1.82, 2.24) is 14.1 Å². The number of carbonyl (C=O) groups is 1. The molecule has 3 aromatic rings. The molecule has 1 aromatic carbocycles. The van der Waals surface area contributed by atoms with Gasteiger partial charge in [0.2, 0.25) is 5.82 Å². The molecule has 31 heavy (non-hydrogen) atoms. The molecule has 0 bridgehead atoms. The standard InChI is InChI=1S/C21H24F2N4O4/c1-11(2)30-18-16(23)12(22)9-14-17(18)25-15(27(14)20(29)31-21(3,4)5)10-26-8-6-7-13(24)19(26)28/h6-9,11H,10,24H2,1-5H3. The Morgan fingerprint density at radius 2 is 1.97 bits per heavy atom. The van der Waals surface area contributed by atoms with Gasteiger partial charge in [-0.15, -0.1) is 0 Å². The van der Waals surface area contributed by atoms with Gasteiger partial charge in [-0.05, 0) is 46.8 Å². The van der Waals surface area contributed by atoms with Crippen molar-refractivity contribution in [2.24, 2.45) is 0 Å². The van der Waals surface area contributed by atoms with Crippen molar-refractivity contribution in [3.05, 3.63) is 52.2 Å². The maximum absolute atomic E-state index is 14.5. The van der Waals surface area contributed by atoms with Gasteiger partial charge in [0.15, 0.2) is 11.6 Å². The second kappa shape index (κ2) is 8.01. The number of hydrogen-bond acceptors (Lipinski definition) is 6. The predicted octanol–water partition coefficient (Wildman–Crippen LogP) is 3.68. The zero-order chi connectivity index (χ0) is 23.1. The molecule has 0 atom stereocenters. The van der Waals surface area contributed by atoms with E-state index in [-0.39, 0.29) is 29.1 Å². The van der Waals surface area contributed by atoms with E-state index in [1.54, 1.807) is 40.7 Å². The molecule has 0 amide bonds. The number of pyridine rings is 1. The number of halogens is 2. The zero-order valence-corrected chi connectivity index (χ0v) is 17.9. The third-order valence-electron chi connectivity index (χ3n) is 4.16. The molecule has 3 rings (SSSR count). The van der Waals surface area contributed by atoms with Gasteiger partial charge in [-0.25, -0.2) is 18.7 Å². The number of benzene rings is 1. The average molecular weight is 434 g/mol. The van der Waals surface area contributed by atoms with Gasteiger partial charge in [0, 0.05) is 12.3 Å². The fraction of sp³-hybridized carbons (Fsp3) is 0.381. The molecular formula is C21H24F2N4O4. The number of hydrogen-bond donors (Lipinski definition) is 1. The lowest BCUT2D eigenvalue weighted by Gasteiger charge is -2.20. The van der Waals surface area contributed by atoms with E-state index in [2.05, 4.69) is 4.98 Å². The van der Waals surface area contributed by atoms with Crippen LogP contribution in [0, 0.1) is 11.6 Å². The van der Waals surface area contributed by atoms with Crippen molar-refractivity contribution in [3.63, 3.8) is 0 Å². The third kappa shape index (κ3) is 4.52. The lowest BCUT2D eigenvalue weighted by atomic mass is 10.2. The summed E-state index contributed by atoms with van der Waals surface area (Å²) in [6, 6.07) is 3.85. The summed E-state index contributed by atoms with van der Waals surface area (Å²) in [6.45, 7) is 8.10. The summed E-state index contributed by atoms with van der Waals surface area (Å²) in [5.41, 5.74) is 4.21. The third-order valence-corrected chi connectivity index (χ3v) is 4.16. The fourth-order valence-electron chi connectivity index (χ4n) is 2.97. The maximum Gasteiger partial charge on any atom is 0.420 e. The van der Waals surface area contributed by atoms with E-state index in [0.29, 0.717) is 0 Å². The van der Waals surface area contributed by atoms with Crippen LogP contribution in [0.5, 0.6) is 5.75 Å². The SMILES string of the molecule is CC(C)Oc1c(F)c(F)cc2c1nc(Cn1cccc(N)c1=O)n2C(=O)OC(C)(C)C. The van der Waals surface area contributed by atoms with Crippen molar-refractivity contribution in [2.75, 3.05) is 5.73 Å². The Kier molecular flexibility index (Phi) is 5.75. The van der Waals surface area contributed by atoms with Crippen LogP contribution in [0.4, 0.5) is 19.3 Å². The molecule has 0 radical (unpaired) electrons. The molecular weight excluding hydrogens is 410 g/mol. The van der Waals surface area contributed by atoms with E-state index in [0.717, 1.165) is 10.6 Å². The lowest BCUT2D eigenvalue weighted by molar-refractivity contribution is 0.0538. The number of aromatic nitrogens is 3. The highest BCUT2D eigenvalue weighted by atomic mass is 19.2. The number of nitrogen functional groups attached to an aromatic ring is 1. The molecule has 10 heteroatoms. The molecule has 0 unspecified atom stereocenters. The minimum absolute atomic E-state index is 0.00310. The summed E-state index contributed by atoms with van der Waals surface area (Å²) in [5.74, 6) is -2.83. The number of anilines is 1. The van der Waals surface area contributed by atoms with Crippen LogP contribution in [-0.4, -0.2) is 31.9 Å². The number of nitrogens with zero attached hydrogens (tertiary/aromatic N) is 3. The highest BCUT2D eigenvalue weighted by Gasteiger charge is 2.28. The van der Waals surface area contributed by atoms with Crippen molar-refractivity contribution < 1.29 is 23.0 Å². The Morgan fingerprint density at radius 1 is 1.29 bits per heavy atom. The maximum atomic E-state index is 14.5. The number of ether oxygens (including phenoxy) is 2. The summed E-state index contributed by atoms with van der Waals surface area (Å²) >= 11 is 0. The average Bonchev–Trinajstić information content (AvgIpc) is 2.99. The first-order valence-corrected chi connectivity index (χ1v) is 9.63. The quantitative estimate of drug-likeness (QED) is 0.672. The second-order valence-electron chi connectivity index (χ2n) is 8.28. The van der Waals surface area contributed by atoms with Crippen LogP contribution >= 0.6 is 0 Å². The van der Waals surface area contributed by atoms with E-state index in [1.807, 2.05) is 0 Å². The predicted molar refractivity (Wildman–Crippen MR) is 111 cm³/mol. The number of nitrogens with two attached hydrogens (primary N) is 1. The Bertz CT molecular complexity index is 1210. The number of fused-ring (bicyclic) bond motifs is 1. The second-order valence-corrected chi connectivity index (χ2v) is 8.28. The Hall–Kier alpha value is -3.43. The van der Waals surface area contributed by atoms with Crippen molar-refractivity contribution in [1.29, 1.82) is 0 Å². The largest absolute Gasteiger partial charge is 0.486 e. The summed E-state index contributed by atoms with van der Waals surface area (Å²) in [7, 11) is 0. The van der Waals surface area contributed by atoms with Crippen LogP contribution in [0.25, 0.3) is 11.0 Å². The van der Waals surface area contributed by atoms with Crippen molar-refractivity contribution in [3.8, 4) is 5.75 Å². The number of rotatable bonds is 4. The molecule has 0 aliphatic rings. The number of carbonyl (C=O) groups excluding carboxylic acids is 1. The van der Waals surface area contributed by atoms with E-state index in [4.69, 9.17) is 15.2 Å². The zero-order valence-electron chi connectivity index (χ0n) is 17.9. The molecule has 2 N–H and O–H groups in total. The van der Waals surface area contributed by atoms with Crippen LogP contribution in [0.2, 0.25) is 0 Å². The van der Waals surface area contributed by atoms with Gasteiger partial charge in [-0.3, -0.25) is 4.79 Å². The molecule has 0 aliphatic heterocycles. The smallest absolute Gasteiger partial charge is 0.420 e. The van der Waals surface area contributed by atoms with Gasteiger partial charge in [0.25, 0.3) is 5.56 Å². The molecule has 2 aromatic heterocycles. The summed E-state index contributed by atoms with van der Waals surface area (Å²) in [6.07, 6.45) is 0.124. The summed E-state index contributed by atoms with van der Waals surface area (Å²) in [5, 5.41) is 0. The van der Waals surface area contributed by atoms with Crippen LogP contribution in [0.15, 0.2) is 29.2 Å². The molecule has 8 nitrogen and oxygen atoms in total. The monoisotopic (exact) mass is 434 g/mol. The Balaban J connectivity index is 2.28. The van der Waals surface area contributed by atoms with Crippen molar-refractivity contribution in [2.45, 2.75) is 52.9 Å². The topological polar surface area (TPSA) is 101 Å². The van der Waals surface area contributed by atoms with Crippen LogP contribution in [0.3, 0.4) is 0 Å². The molecule has 0 saturated carbocycles. The van der Waals surface area contributed by atoms with E-state index in [9.17, 15) is 18.4 Å². The summed E-state index contributed by atoms with van der Waals surface area (Å²) < 4.78 is 42.0. The van der Waals surface area contributed by atoms with Gasteiger partial charge < -0.3 is 19.8 Å². The first kappa shape index (κ1) is 22.3. The van der Waals surface area contributed by atoms with Gasteiger partial charge >= 0.3 is 6.09 Å². The molecule has 0 fully saturated rings. The van der Waals surface area contributed by atoms with Crippen LogP contribution < -0.4 is 16.0 Å². The minimum atomic E-state index is -1.22. The first-order valence-electron chi connectivity index (χ1n) is 9.63. The normalized spacial score (nSPS) is 11.9. The Morgan fingerprint density at radius 3 is 2.58 bits per heavy atom. The number of imidazole rings is 1. The van der Waals surface area contributed by atoms with E-state index in [1.165, 1.54) is 16.8 Å². The fourth-order valence-corrected chi connectivity index (χ4v) is 2.97. The Labute approximate surface area is 177 Å². The minimum Gasteiger partial charge on any atom is -0.486 e. The van der Waals surface area contributed by atoms with Gasteiger partial charge in [-0.2, -0.15) is 4.39 Å². The highest BCUT2D eigenvalue weighted by Crippen LogP contribution is 2.33. The lowest BCUT2D eigenvalue weighted by Crippen LogP contribution is -2.30.